The molecule has 5 heteroatoms. The van der Waals surface area contributed by atoms with Crippen LogP contribution in [-0.4, -0.2) is 35.4 Å². The van der Waals surface area contributed by atoms with Gasteiger partial charge in [0.1, 0.15) is 12.2 Å². The van der Waals surface area contributed by atoms with E-state index in [1.165, 1.54) is 0 Å². The van der Waals surface area contributed by atoms with Gasteiger partial charge in [0.2, 0.25) is 0 Å². The number of carbonyl (C=O) groups is 2. The summed E-state index contributed by atoms with van der Waals surface area (Å²) in [5.41, 5.74) is 0.779. The number of aliphatic hydroxyl groups is 1. The summed E-state index contributed by atoms with van der Waals surface area (Å²) >= 11 is 0. The Bertz CT molecular complexity index is 848. The van der Waals surface area contributed by atoms with Gasteiger partial charge < -0.3 is 14.6 Å². The number of cyclic esters (lactones) is 1. The van der Waals surface area contributed by atoms with Gasteiger partial charge in [0.15, 0.2) is 0 Å². The molecule has 1 saturated heterocycles. The topological polar surface area (TPSA) is 72.8 Å². The first-order valence-corrected chi connectivity index (χ1v) is 10.7. The van der Waals surface area contributed by atoms with Crippen molar-refractivity contribution < 1.29 is 32.4 Å². The Hall–Kier alpha value is -1.62. The Morgan fingerprint density at radius 1 is 1.41 bits per heavy atom. The molecule has 0 amide bonds. The Morgan fingerprint density at radius 2 is 2.24 bits per heavy atom. The van der Waals surface area contributed by atoms with Crippen LogP contribution in [0.3, 0.4) is 0 Å². The molecule has 0 aromatic rings. The Balaban J connectivity index is 1.86. The monoisotopic (exact) mass is 410 g/mol. The van der Waals surface area contributed by atoms with Gasteiger partial charge in [-0.05, 0) is 49.0 Å². The first kappa shape index (κ1) is 15.2. The molecule has 8 atom stereocenters. The van der Waals surface area contributed by atoms with E-state index < -0.39 is 55.8 Å². The van der Waals surface area contributed by atoms with E-state index in [2.05, 4.69) is 0 Å². The minimum Gasteiger partial charge on any atom is -0.462 e. The first-order valence-electron chi connectivity index (χ1n) is 13.7. The lowest BCUT2D eigenvalue weighted by Crippen LogP contribution is -2.42. The van der Waals surface area contributed by atoms with Crippen LogP contribution in [0.15, 0.2) is 23.8 Å². The molecular weight excluding hydrogens is 368 g/mol. The van der Waals surface area contributed by atoms with E-state index in [9.17, 15) is 14.7 Å². The molecule has 0 aromatic carbocycles. The second-order valence-electron chi connectivity index (χ2n) is 8.64. The Kier molecular flexibility index (Phi) is 4.97. The summed E-state index contributed by atoms with van der Waals surface area (Å²) < 4.78 is 58.1. The third kappa shape index (κ3) is 5.30. The van der Waals surface area contributed by atoms with Crippen LogP contribution in [0.4, 0.5) is 0 Å². The molecule has 1 fully saturated rings. The molecule has 5 nitrogen and oxygen atoms in total. The molecule has 3 aliphatic rings. The first-order chi connectivity index (χ1) is 16.2. The number of carbonyl (C=O) groups excluding carboxylic acids is 2. The summed E-state index contributed by atoms with van der Waals surface area (Å²) in [6, 6.07) is 0. The minimum atomic E-state index is -2.51. The zero-order valence-corrected chi connectivity index (χ0v) is 17.2. The Labute approximate surface area is 183 Å². The fourth-order valence-electron chi connectivity index (χ4n) is 4.82. The van der Waals surface area contributed by atoms with Gasteiger partial charge in [-0.1, -0.05) is 45.8 Å². The highest BCUT2D eigenvalue weighted by Crippen LogP contribution is 2.45. The van der Waals surface area contributed by atoms with Gasteiger partial charge in [-0.2, -0.15) is 0 Å². The summed E-state index contributed by atoms with van der Waals surface area (Å²) in [4.78, 5) is 24.7. The standard InChI is InChI=1S/C24H36O5/c1-5-15(3)24(27)29-21-11-14(2)10-17-7-6-16(4)20(23(17)21)9-8-19-12-18(25)13-22(26)28-19/h6-7,10,14-16,18-21,23,25H,5,8-9,11-13H2,1-4H3/t14-,15-,16-,18+,19?,20-,21-,23-/m0/s1/i2D3,3D3. The zero-order chi connectivity index (χ0) is 26.1. The minimum absolute atomic E-state index is 0.00873. The van der Waals surface area contributed by atoms with Gasteiger partial charge in [-0.15, -0.1) is 0 Å². The van der Waals surface area contributed by atoms with Crippen LogP contribution in [0, 0.1) is 29.6 Å². The molecule has 1 N–H and O–H groups in total. The smallest absolute Gasteiger partial charge is 0.308 e. The van der Waals surface area contributed by atoms with Gasteiger partial charge in [0, 0.05) is 20.6 Å². The number of rotatable bonds is 6. The fraction of sp³-hybridized carbons (Fsp3) is 0.750. The molecule has 1 aliphatic heterocycles. The highest BCUT2D eigenvalue weighted by molar-refractivity contribution is 5.72. The van der Waals surface area contributed by atoms with Crippen LogP contribution in [0.25, 0.3) is 0 Å². The molecule has 1 unspecified atom stereocenters. The summed E-state index contributed by atoms with van der Waals surface area (Å²) in [6.45, 7) is -1.14. The number of ether oxygens (including phenoxy) is 2. The van der Waals surface area contributed by atoms with Crippen LogP contribution in [-0.2, 0) is 19.1 Å². The summed E-state index contributed by atoms with van der Waals surface area (Å²) in [6.07, 6.45) is 5.39. The molecule has 2 aliphatic carbocycles. The van der Waals surface area contributed by atoms with Crippen molar-refractivity contribution in [3.8, 4) is 0 Å². The number of fused-ring (bicyclic) bond motifs is 1. The predicted molar refractivity (Wildman–Crippen MR) is 111 cm³/mol. The van der Waals surface area contributed by atoms with Crippen LogP contribution in [0.2, 0.25) is 0 Å². The van der Waals surface area contributed by atoms with Crippen LogP contribution < -0.4 is 0 Å². The van der Waals surface area contributed by atoms with E-state index in [-0.39, 0.29) is 37.0 Å². The third-order valence-corrected chi connectivity index (χ3v) is 6.41. The van der Waals surface area contributed by atoms with E-state index >= 15 is 0 Å². The molecule has 3 rings (SSSR count). The lowest BCUT2D eigenvalue weighted by molar-refractivity contribution is -0.162. The fourth-order valence-corrected chi connectivity index (χ4v) is 4.82. The van der Waals surface area contributed by atoms with Gasteiger partial charge in [0.25, 0.3) is 0 Å². The molecule has 0 aromatic heterocycles. The van der Waals surface area contributed by atoms with Crippen LogP contribution in [0.5, 0.6) is 0 Å². The largest absolute Gasteiger partial charge is 0.462 e. The van der Waals surface area contributed by atoms with Crippen molar-refractivity contribution >= 4 is 11.9 Å². The highest BCUT2D eigenvalue weighted by atomic mass is 16.5. The molecular formula is C24H36O5. The van der Waals surface area contributed by atoms with Crippen molar-refractivity contribution in [1.29, 1.82) is 0 Å². The Morgan fingerprint density at radius 3 is 2.93 bits per heavy atom. The van der Waals surface area contributed by atoms with Gasteiger partial charge in [-0.25, -0.2) is 0 Å². The SMILES string of the molecule is [2H]C([2H])([2H])[C@H]1C=C2C=C[C@H](C)[C@H](CCC3C[C@@H](O)CC(=O)O3)[C@H]2[C@@H](OC(=O)[C@H](CC)C([2H])([2H])[2H])C1. The summed E-state index contributed by atoms with van der Waals surface area (Å²) in [7, 11) is 0. The zero-order valence-electron chi connectivity index (χ0n) is 23.2. The van der Waals surface area contributed by atoms with Crippen LogP contribution >= 0.6 is 0 Å². The van der Waals surface area contributed by atoms with Gasteiger partial charge in [-0.3, -0.25) is 9.59 Å². The number of hydrogen-bond donors (Lipinski definition) is 1. The van der Waals surface area contributed by atoms with Crippen molar-refractivity contribution in [2.45, 2.75) is 84.4 Å². The normalized spacial score (nSPS) is 41.8. The molecule has 29 heavy (non-hydrogen) atoms. The number of aliphatic hydroxyl groups excluding tert-OH is 1. The molecule has 0 saturated carbocycles. The average Bonchev–Trinajstić information content (AvgIpc) is 2.71. The lowest BCUT2D eigenvalue weighted by atomic mass is 9.65. The molecule has 1 heterocycles. The quantitative estimate of drug-likeness (QED) is 0.665. The van der Waals surface area contributed by atoms with Crippen molar-refractivity contribution in [1.82, 2.24) is 0 Å². The number of esters is 2. The van der Waals surface area contributed by atoms with Crippen molar-refractivity contribution in [3.05, 3.63) is 23.8 Å². The maximum atomic E-state index is 12.9. The molecule has 162 valence electrons. The van der Waals surface area contributed by atoms with E-state index in [0.29, 0.717) is 19.3 Å². The summed E-state index contributed by atoms with van der Waals surface area (Å²) in [5, 5.41) is 9.94. The lowest BCUT2D eigenvalue weighted by Gasteiger charge is -2.43. The average molecular weight is 411 g/mol. The second-order valence-corrected chi connectivity index (χ2v) is 8.64. The third-order valence-electron chi connectivity index (χ3n) is 6.41. The maximum Gasteiger partial charge on any atom is 0.308 e. The van der Waals surface area contributed by atoms with E-state index in [1.54, 1.807) is 13.0 Å². The summed E-state index contributed by atoms with van der Waals surface area (Å²) in [5.74, 6) is -3.59. The predicted octanol–water partition coefficient (Wildman–Crippen LogP) is 4.20. The van der Waals surface area contributed by atoms with E-state index in [0.717, 1.165) is 5.57 Å². The second kappa shape index (κ2) is 9.46. The van der Waals surface area contributed by atoms with Gasteiger partial charge >= 0.3 is 11.9 Å². The van der Waals surface area contributed by atoms with Crippen molar-refractivity contribution in [3.63, 3.8) is 0 Å². The van der Waals surface area contributed by atoms with E-state index in [4.69, 9.17) is 17.7 Å². The molecule has 0 bridgehead atoms. The number of allylic oxidation sites excluding steroid dienone is 3. The van der Waals surface area contributed by atoms with Crippen LogP contribution in [0.1, 0.15) is 74.3 Å². The maximum absolute atomic E-state index is 12.9. The van der Waals surface area contributed by atoms with Gasteiger partial charge in [0.05, 0.1) is 18.4 Å². The number of hydrogen-bond acceptors (Lipinski definition) is 5. The molecule has 0 radical (unpaired) electrons. The van der Waals surface area contributed by atoms with E-state index in [1.807, 2.05) is 19.1 Å². The highest BCUT2D eigenvalue weighted by Gasteiger charge is 2.42. The van der Waals surface area contributed by atoms with Crippen molar-refractivity contribution in [2.75, 3.05) is 0 Å². The van der Waals surface area contributed by atoms with Crippen molar-refractivity contribution in [2.24, 2.45) is 29.6 Å². The molecule has 0 spiro atoms.